The maximum atomic E-state index is 4.28. The predicted octanol–water partition coefficient (Wildman–Crippen LogP) is 6.26. The van der Waals surface area contributed by atoms with Crippen molar-refractivity contribution < 1.29 is 0 Å². The first-order valence-corrected chi connectivity index (χ1v) is 9.80. The Hall–Kier alpha value is -1.50. The van der Waals surface area contributed by atoms with E-state index in [0.29, 0.717) is 11.8 Å². The van der Waals surface area contributed by atoms with Gasteiger partial charge in [0.2, 0.25) is 0 Å². The van der Waals surface area contributed by atoms with Crippen LogP contribution in [-0.2, 0) is 6.42 Å². The number of rotatable bonds is 7. The Bertz CT molecular complexity index is 621. The third kappa shape index (κ3) is 3.94. The molecule has 1 nitrogen and oxygen atoms in total. The molecule has 0 bridgehead atoms. The summed E-state index contributed by atoms with van der Waals surface area (Å²) in [6.45, 7) is 13.5. The molecule has 1 saturated heterocycles. The van der Waals surface area contributed by atoms with Crippen molar-refractivity contribution in [2.45, 2.75) is 65.2 Å². The Kier molecular flexibility index (Phi) is 5.48. The van der Waals surface area contributed by atoms with Gasteiger partial charge in [-0.2, -0.15) is 0 Å². The van der Waals surface area contributed by atoms with Gasteiger partial charge in [0.05, 0.1) is 0 Å². The normalized spacial score (nSPS) is 23.1. The summed E-state index contributed by atoms with van der Waals surface area (Å²) in [4.78, 5) is 2.53. The number of anilines is 1. The number of benzene rings is 1. The zero-order chi connectivity index (χ0) is 17.1. The summed E-state index contributed by atoms with van der Waals surface area (Å²) in [5.41, 5.74) is 7.42. The van der Waals surface area contributed by atoms with Gasteiger partial charge in [0.1, 0.15) is 0 Å². The molecule has 0 aromatic heterocycles. The molecule has 0 amide bonds. The van der Waals surface area contributed by atoms with E-state index < -0.39 is 0 Å². The van der Waals surface area contributed by atoms with Gasteiger partial charge in [-0.05, 0) is 62.6 Å². The maximum Gasteiger partial charge on any atom is 0.0402 e. The molecule has 1 aliphatic heterocycles. The van der Waals surface area contributed by atoms with E-state index in [0.717, 1.165) is 0 Å². The van der Waals surface area contributed by atoms with Crippen molar-refractivity contribution in [3.8, 4) is 0 Å². The predicted molar refractivity (Wildman–Crippen MR) is 106 cm³/mol. The van der Waals surface area contributed by atoms with Crippen LogP contribution in [0.3, 0.4) is 0 Å². The zero-order valence-electron chi connectivity index (χ0n) is 15.8. The lowest BCUT2D eigenvalue weighted by atomic mass is 9.74. The molecule has 0 saturated carbocycles. The molecule has 1 aromatic rings. The van der Waals surface area contributed by atoms with Crippen molar-refractivity contribution in [3.63, 3.8) is 0 Å². The van der Waals surface area contributed by atoms with E-state index in [9.17, 15) is 0 Å². The van der Waals surface area contributed by atoms with Gasteiger partial charge >= 0.3 is 0 Å². The smallest absolute Gasteiger partial charge is 0.0402 e. The Morgan fingerprint density at radius 2 is 2.04 bits per heavy atom. The Balaban J connectivity index is 1.88. The molecule has 2 aliphatic rings. The van der Waals surface area contributed by atoms with E-state index in [-0.39, 0.29) is 0 Å². The second-order valence-corrected chi connectivity index (χ2v) is 7.86. The molecule has 24 heavy (non-hydrogen) atoms. The summed E-state index contributed by atoms with van der Waals surface area (Å²) in [7, 11) is 0. The van der Waals surface area contributed by atoms with Crippen LogP contribution in [0.5, 0.6) is 0 Å². The lowest BCUT2D eigenvalue weighted by Gasteiger charge is -2.31. The quantitative estimate of drug-likeness (QED) is 0.325. The highest BCUT2D eigenvalue weighted by molar-refractivity contribution is 5.60. The van der Waals surface area contributed by atoms with Gasteiger partial charge in [-0.25, -0.2) is 0 Å². The fraction of sp³-hybridized carbons (Fsp3) is 0.565. The fourth-order valence-electron chi connectivity index (χ4n) is 4.10. The van der Waals surface area contributed by atoms with Gasteiger partial charge in [0.25, 0.3) is 0 Å². The Morgan fingerprint density at radius 1 is 1.25 bits per heavy atom. The van der Waals surface area contributed by atoms with Gasteiger partial charge in [0, 0.05) is 24.7 Å². The largest absolute Gasteiger partial charge is 0.368 e. The van der Waals surface area contributed by atoms with Crippen molar-refractivity contribution in [2.24, 2.45) is 5.92 Å². The van der Waals surface area contributed by atoms with Crippen molar-refractivity contribution in [2.75, 3.05) is 18.0 Å². The molecule has 1 heteroatoms. The van der Waals surface area contributed by atoms with Gasteiger partial charge in [-0.3, -0.25) is 0 Å². The van der Waals surface area contributed by atoms with Crippen LogP contribution in [0.4, 0.5) is 5.69 Å². The topological polar surface area (TPSA) is 3.01 Å². The SMILES string of the molecule is C=C(C)C1CCC(C)=CC1c1ccc(CCCCC)c(N2CC2)c1. The van der Waals surface area contributed by atoms with Crippen molar-refractivity contribution in [1.29, 1.82) is 0 Å². The van der Waals surface area contributed by atoms with E-state index in [1.807, 2.05) is 0 Å². The minimum Gasteiger partial charge on any atom is -0.368 e. The lowest BCUT2D eigenvalue weighted by molar-refractivity contribution is 0.483. The molecule has 0 N–H and O–H groups in total. The number of unbranched alkanes of at least 4 members (excludes halogenated alkanes) is 2. The first-order chi connectivity index (χ1) is 11.6. The number of nitrogens with zero attached hydrogens (tertiary/aromatic N) is 1. The van der Waals surface area contributed by atoms with Gasteiger partial charge in [-0.1, -0.05) is 55.7 Å². The summed E-state index contributed by atoms with van der Waals surface area (Å²) in [6.07, 6.45) is 10.1. The molecule has 1 fully saturated rings. The zero-order valence-corrected chi connectivity index (χ0v) is 15.8. The van der Waals surface area contributed by atoms with E-state index in [1.54, 1.807) is 5.56 Å². The highest BCUT2D eigenvalue weighted by Gasteiger charge is 2.28. The standard InChI is InChI=1S/C23H33N/c1-5-6-7-8-19-10-11-20(16-23(19)24-13-14-24)22-15-18(4)9-12-21(22)17(2)3/h10-11,15-16,21-22H,2,5-9,12-14H2,1,3-4H3. The fourth-order valence-corrected chi connectivity index (χ4v) is 4.10. The van der Waals surface area contributed by atoms with E-state index in [4.69, 9.17) is 0 Å². The minimum absolute atomic E-state index is 0.514. The van der Waals surface area contributed by atoms with Crippen LogP contribution < -0.4 is 4.90 Å². The maximum absolute atomic E-state index is 4.28. The summed E-state index contributed by atoms with van der Waals surface area (Å²) < 4.78 is 0. The van der Waals surface area contributed by atoms with Crippen molar-refractivity contribution in [3.05, 3.63) is 53.1 Å². The minimum atomic E-state index is 0.514. The summed E-state index contributed by atoms with van der Waals surface area (Å²) >= 11 is 0. The average Bonchev–Trinajstić information content (AvgIpc) is 3.40. The van der Waals surface area contributed by atoms with Crippen LogP contribution in [0.15, 0.2) is 42.0 Å². The van der Waals surface area contributed by atoms with Gasteiger partial charge in [0.15, 0.2) is 0 Å². The summed E-state index contributed by atoms with van der Waals surface area (Å²) in [6, 6.07) is 7.29. The molecule has 0 radical (unpaired) electrons. The molecular weight excluding hydrogens is 290 g/mol. The van der Waals surface area contributed by atoms with Gasteiger partial charge < -0.3 is 4.90 Å². The van der Waals surface area contributed by atoms with E-state index in [2.05, 4.69) is 56.5 Å². The average molecular weight is 324 g/mol. The molecule has 2 unspecified atom stereocenters. The van der Waals surface area contributed by atoms with Crippen molar-refractivity contribution >= 4 is 5.69 Å². The number of allylic oxidation sites excluding steroid dienone is 3. The number of aryl methyl sites for hydroxylation is 1. The van der Waals surface area contributed by atoms with E-state index in [1.165, 1.54) is 74.0 Å². The van der Waals surface area contributed by atoms with Crippen molar-refractivity contribution in [1.82, 2.24) is 0 Å². The molecule has 0 spiro atoms. The van der Waals surface area contributed by atoms with Crippen LogP contribution in [-0.4, -0.2) is 13.1 Å². The highest BCUT2D eigenvalue weighted by Crippen LogP contribution is 2.41. The molecular formula is C23H33N. The second-order valence-electron chi connectivity index (χ2n) is 7.86. The lowest BCUT2D eigenvalue weighted by Crippen LogP contribution is -2.17. The first kappa shape index (κ1) is 17.3. The number of hydrogen-bond donors (Lipinski definition) is 0. The monoisotopic (exact) mass is 323 g/mol. The highest BCUT2D eigenvalue weighted by atomic mass is 15.3. The van der Waals surface area contributed by atoms with Crippen LogP contribution >= 0.6 is 0 Å². The van der Waals surface area contributed by atoms with Crippen LogP contribution in [0, 0.1) is 5.92 Å². The third-order valence-electron chi connectivity index (χ3n) is 5.71. The molecule has 1 aliphatic carbocycles. The molecule has 1 aromatic carbocycles. The summed E-state index contributed by atoms with van der Waals surface area (Å²) in [5, 5.41) is 0. The van der Waals surface area contributed by atoms with Gasteiger partial charge in [-0.15, -0.1) is 0 Å². The second kappa shape index (κ2) is 7.59. The van der Waals surface area contributed by atoms with Crippen LogP contribution in [0.2, 0.25) is 0 Å². The molecule has 2 atom stereocenters. The summed E-state index contributed by atoms with van der Waals surface area (Å²) in [5.74, 6) is 1.11. The van der Waals surface area contributed by atoms with Crippen LogP contribution in [0.25, 0.3) is 0 Å². The Labute approximate surface area is 148 Å². The van der Waals surface area contributed by atoms with E-state index >= 15 is 0 Å². The molecule has 1 heterocycles. The number of hydrogen-bond acceptors (Lipinski definition) is 1. The molecule has 3 rings (SSSR count). The molecule has 130 valence electrons. The first-order valence-electron chi connectivity index (χ1n) is 9.80. The van der Waals surface area contributed by atoms with Crippen LogP contribution in [0.1, 0.15) is 69.9 Å². The Morgan fingerprint density at radius 3 is 2.71 bits per heavy atom. The third-order valence-corrected chi connectivity index (χ3v) is 5.71.